The minimum Gasteiger partial charge on any atom is -0.370 e. The summed E-state index contributed by atoms with van der Waals surface area (Å²) in [6.45, 7) is 2.81. The Morgan fingerprint density at radius 1 is 1.50 bits per heavy atom. The van der Waals surface area contributed by atoms with Crippen molar-refractivity contribution in [1.29, 1.82) is 0 Å². The highest BCUT2D eigenvalue weighted by atomic mass is 16.2. The Bertz CT molecular complexity index is 268. The van der Waals surface area contributed by atoms with Gasteiger partial charge in [0.2, 0.25) is 11.8 Å². The van der Waals surface area contributed by atoms with E-state index < -0.39 is 0 Å². The molecule has 1 heterocycles. The average Bonchev–Trinajstić information content (AvgIpc) is 2.25. The number of nitrogens with two attached hydrogens (primary N) is 1. The normalized spacial score (nSPS) is 21.8. The Morgan fingerprint density at radius 3 is 2.75 bits per heavy atom. The molecule has 1 unspecified atom stereocenters. The molecule has 6 heteroatoms. The van der Waals surface area contributed by atoms with Gasteiger partial charge >= 0.3 is 0 Å². The van der Waals surface area contributed by atoms with Gasteiger partial charge in [0, 0.05) is 46.7 Å². The molecular formula is C10H20N4O2. The molecule has 1 fully saturated rings. The van der Waals surface area contributed by atoms with Gasteiger partial charge in [0.1, 0.15) is 6.04 Å². The van der Waals surface area contributed by atoms with Crippen LogP contribution in [0.3, 0.4) is 0 Å². The summed E-state index contributed by atoms with van der Waals surface area (Å²) < 4.78 is 0. The van der Waals surface area contributed by atoms with Crippen LogP contribution in [0, 0.1) is 0 Å². The van der Waals surface area contributed by atoms with Crippen molar-refractivity contribution in [2.45, 2.75) is 12.5 Å². The Kier molecular flexibility index (Phi) is 4.70. The van der Waals surface area contributed by atoms with Gasteiger partial charge in [-0.15, -0.1) is 0 Å². The molecule has 0 aromatic carbocycles. The van der Waals surface area contributed by atoms with Crippen molar-refractivity contribution in [3.05, 3.63) is 0 Å². The highest BCUT2D eigenvalue weighted by molar-refractivity contribution is 5.82. The molecule has 3 N–H and O–H groups in total. The first kappa shape index (κ1) is 12.9. The number of hydrogen-bond acceptors (Lipinski definition) is 4. The van der Waals surface area contributed by atoms with Gasteiger partial charge in [-0.25, -0.2) is 0 Å². The number of piperazine rings is 1. The van der Waals surface area contributed by atoms with Crippen LogP contribution in [-0.4, -0.2) is 67.9 Å². The van der Waals surface area contributed by atoms with E-state index in [1.165, 1.54) is 0 Å². The van der Waals surface area contributed by atoms with Crippen LogP contribution < -0.4 is 11.1 Å². The molecule has 1 aliphatic heterocycles. The molecule has 1 aliphatic rings. The van der Waals surface area contributed by atoms with Crippen molar-refractivity contribution in [3.8, 4) is 0 Å². The van der Waals surface area contributed by atoms with Crippen LogP contribution in [0.15, 0.2) is 0 Å². The predicted octanol–water partition coefficient (Wildman–Crippen LogP) is -1.78. The lowest BCUT2D eigenvalue weighted by Gasteiger charge is -2.36. The Hall–Kier alpha value is -1.14. The maximum absolute atomic E-state index is 11.9. The lowest BCUT2D eigenvalue weighted by Crippen LogP contribution is -2.57. The zero-order valence-corrected chi connectivity index (χ0v) is 9.90. The summed E-state index contributed by atoms with van der Waals surface area (Å²) in [6.07, 6.45) is 0.303. The van der Waals surface area contributed by atoms with Gasteiger partial charge in [-0.3, -0.25) is 14.5 Å². The van der Waals surface area contributed by atoms with Gasteiger partial charge in [0.05, 0.1) is 0 Å². The fourth-order valence-corrected chi connectivity index (χ4v) is 1.81. The maximum atomic E-state index is 11.9. The Balaban J connectivity index is 2.56. The van der Waals surface area contributed by atoms with Crippen LogP contribution in [0.2, 0.25) is 0 Å². The van der Waals surface area contributed by atoms with E-state index >= 15 is 0 Å². The van der Waals surface area contributed by atoms with E-state index in [0.717, 1.165) is 13.1 Å². The van der Waals surface area contributed by atoms with Crippen LogP contribution in [0.4, 0.5) is 0 Å². The van der Waals surface area contributed by atoms with Crippen molar-refractivity contribution in [3.63, 3.8) is 0 Å². The molecule has 0 aromatic rings. The highest BCUT2D eigenvalue weighted by Crippen LogP contribution is 2.06. The number of nitrogens with one attached hydrogen (secondary N) is 1. The van der Waals surface area contributed by atoms with Gasteiger partial charge < -0.3 is 16.0 Å². The number of hydrogen-bond donors (Lipinski definition) is 2. The summed E-state index contributed by atoms with van der Waals surface area (Å²) in [5, 5.41) is 3.18. The summed E-state index contributed by atoms with van der Waals surface area (Å²) in [5.74, 6) is -0.258. The second kappa shape index (κ2) is 5.81. The fraction of sp³-hybridized carbons (Fsp3) is 0.800. The standard InChI is InChI=1S/C10H20N4O2/c1-13(2)10(16)8-7-12-4-6-14(8)5-3-9(11)15/h8,12H,3-7H2,1-2H3,(H2,11,15). The minimum absolute atomic E-state index is 0.0664. The van der Waals surface area contributed by atoms with E-state index in [4.69, 9.17) is 5.73 Å². The molecule has 1 rings (SSSR count). The lowest BCUT2D eigenvalue weighted by molar-refractivity contribution is -0.135. The van der Waals surface area contributed by atoms with Gasteiger partial charge in [-0.05, 0) is 0 Å². The first-order valence-corrected chi connectivity index (χ1v) is 5.46. The maximum Gasteiger partial charge on any atom is 0.240 e. The van der Waals surface area contributed by atoms with Crippen molar-refractivity contribution >= 4 is 11.8 Å². The third kappa shape index (κ3) is 3.46. The highest BCUT2D eigenvalue weighted by Gasteiger charge is 2.29. The Labute approximate surface area is 95.8 Å². The number of likely N-dealkylation sites (N-methyl/N-ethyl adjacent to an activating group) is 1. The quantitative estimate of drug-likeness (QED) is 0.596. The molecule has 0 aliphatic carbocycles. The summed E-state index contributed by atoms with van der Waals surface area (Å²) in [5.41, 5.74) is 5.11. The molecule has 0 spiro atoms. The first-order chi connectivity index (χ1) is 7.52. The van der Waals surface area contributed by atoms with Crippen LogP contribution in [-0.2, 0) is 9.59 Å². The number of carbonyl (C=O) groups excluding carboxylic acids is 2. The third-order valence-corrected chi connectivity index (χ3v) is 2.73. The lowest BCUT2D eigenvalue weighted by atomic mass is 10.1. The van der Waals surface area contributed by atoms with E-state index in [0.29, 0.717) is 19.5 Å². The van der Waals surface area contributed by atoms with Crippen molar-refractivity contribution in [2.24, 2.45) is 5.73 Å². The van der Waals surface area contributed by atoms with Gasteiger partial charge in [-0.2, -0.15) is 0 Å². The van der Waals surface area contributed by atoms with Crippen molar-refractivity contribution in [1.82, 2.24) is 15.1 Å². The minimum atomic E-state index is -0.324. The van der Waals surface area contributed by atoms with Crippen LogP contribution in [0.25, 0.3) is 0 Å². The molecule has 1 saturated heterocycles. The van der Waals surface area contributed by atoms with Crippen molar-refractivity contribution in [2.75, 3.05) is 40.3 Å². The average molecular weight is 228 g/mol. The molecule has 6 nitrogen and oxygen atoms in total. The number of carbonyl (C=O) groups is 2. The van der Waals surface area contributed by atoms with Gasteiger partial charge in [0.25, 0.3) is 0 Å². The third-order valence-electron chi connectivity index (χ3n) is 2.73. The molecule has 0 aromatic heterocycles. The van der Waals surface area contributed by atoms with Gasteiger partial charge in [-0.1, -0.05) is 0 Å². The first-order valence-electron chi connectivity index (χ1n) is 5.46. The molecular weight excluding hydrogens is 208 g/mol. The molecule has 2 amide bonds. The van der Waals surface area contributed by atoms with Gasteiger partial charge in [0.15, 0.2) is 0 Å². The largest absolute Gasteiger partial charge is 0.370 e. The molecule has 0 bridgehead atoms. The monoisotopic (exact) mass is 228 g/mol. The van der Waals surface area contributed by atoms with Crippen LogP contribution in [0.5, 0.6) is 0 Å². The Morgan fingerprint density at radius 2 is 2.19 bits per heavy atom. The van der Waals surface area contributed by atoms with E-state index in [1.54, 1.807) is 19.0 Å². The second-order valence-corrected chi connectivity index (χ2v) is 4.20. The van der Waals surface area contributed by atoms with Crippen LogP contribution in [0.1, 0.15) is 6.42 Å². The number of primary amides is 1. The summed E-state index contributed by atoms with van der Waals surface area (Å²) in [6, 6.07) is -0.178. The number of nitrogens with zero attached hydrogens (tertiary/aromatic N) is 2. The number of amides is 2. The second-order valence-electron chi connectivity index (χ2n) is 4.20. The predicted molar refractivity (Wildman–Crippen MR) is 60.7 cm³/mol. The molecule has 16 heavy (non-hydrogen) atoms. The van der Waals surface area contributed by atoms with E-state index in [2.05, 4.69) is 5.32 Å². The summed E-state index contributed by atoms with van der Waals surface area (Å²) in [4.78, 5) is 26.2. The fourth-order valence-electron chi connectivity index (χ4n) is 1.81. The van der Waals surface area contributed by atoms with Crippen molar-refractivity contribution < 1.29 is 9.59 Å². The van der Waals surface area contributed by atoms with Crippen LogP contribution >= 0.6 is 0 Å². The molecule has 92 valence electrons. The molecule has 1 atom stereocenters. The zero-order valence-electron chi connectivity index (χ0n) is 9.90. The number of rotatable bonds is 4. The van der Waals surface area contributed by atoms with E-state index in [-0.39, 0.29) is 17.9 Å². The summed E-state index contributed by atoms with van der Waals surface area (Å²) >= 11 is 0. The smallest absolute Gasteiger partial charge is 0.240 e. The zero-order chi connectivity index (χ0) is 12.1. The van der Waals surface area contributed by atoms with E-state index in [9.17, 15) is 9.59 Å². The molecule has 0 saturated carbocycles. The molecule has 0 radical (unpaired) electrons. The van der Waals surface area contributed by atoms with E-state index in [1.807, 2.05) is 4.90 Å². The summed E-state index contributed by atoms with van der Waals surface area (Å²) in [7, 11) is 3.48. The topological polar surface area (TPSA) is 78.7 Å². The SMILES string of the molecule is CN(C)C(=O)C1CNCCN1CCC(N)=O.